The van der Waals surface area contributed by atoms with Crippen LogP contribution in [-0.2, 0) is 4.79 Å². The summed E-state index contributed by atoms with van der Waals surface area (Å²) in [5.41, 5.74) is 1.10. The number of nitrogens with zero attached hydrogens (tertiary/aromatic N) is 2. The number of hydrogen-bond donors (Lipinski definition) is 0. The van der Waals surface area contributed by atoms with E-state index in [1.165, 1.54) is 0 Å². The largest absolute Gasteiger partial charge is 0.451 e. The van der Waals surface area contributed by atoms with E-state index in [0.29, 0.717) is 18.8 Å². The van der Waals surface area contributed by atoms with Crippen LogP contribution in [0.4, 0.5) is 5.69 Å². The zero-order valence-electron chi connectivity index (χ0n) is 12.4. The molecular formula is C17H16ClIN2O2. The summed E-state index contributed by atoms with van der Waals surface area (Å²) in [5, 5.41) is 0.733. The molecule has 1 fully saturated rings. The van der Waals surface area contributed by atoms with Gasteiger partial charge in [0, 0.05) is 43.0 Å². The average Bonchev–Trinajstić information content (AvgIpc) is 2.98. The Morgan fingerprint density at radius 3 is 2.61 bits per heavy atom. The van der Waals surface area contributed by atoms with Crippen LogP contribution in [0.2, 0.25) is 5.02 Å². The zero-order chi connectivity index (χ0) is 16.2. The molecule has 6 heteroatoms. The normalized spacial score (nSPS) is 15.4. The smallest absolute Gasteiger partial charge is 0.246 e. The lowest BCUT2D eigenvalue weighted by Gasteiger charge is -2.35. The standard InChI is InChI=1S/C17H16ClIN2O2/c18-13-2-1-3-14(12-13)20-8-10-21(11-9-20)17(22)7-5-15-4-6-16(19)23-15/h1-7,12H,8-11H2/b7-5+. The lowest BCUT2D eigenvalue weighted by atomic mass is 10.2. The van der Waals surface area contributed by atoms with Gasteiger partial charge < -0.3 is 14.2 Å². The Morgan fingerprint density at radius 1 is 1.17 bits per heavy atom. The van der Waals surface area contributed by atoms with E-state index in [2.05, 4.69) is 27.5 Å². The summed E-state index contributed by atoms with van der Waals surface area (Å²) in [6.07, 6.45) is 3.29. The third-order valence-corrected chi connectivity index (χ3v) is 4.56. The van der Waals surface area contributed by atoms with Crippen molar-refractivity contribution in [3.05, 3.63) is 57.0 Å². The molecule has 0 radical (unpaired) electrons. The van der Waals surface area contributed by atoms with Crippen molar-refractivity contribution < 1.29 is 9.21 Å². The van der Waals surface area contributed by atoms with Crippen molar-refractivity contribution in [2.45, 2.75) is 0 Å². The quantitative estimate of drug-likeness (QED) is 0.534. The number of piperazine rings is 1. The third kappa shape index (κ3) is 4.29. The highest BCUT2D eigenvalue weighted by Gasteiger charge is 2.19. The maximum atomic E-state index is 12.2. The first-order valence-electron chi connectivity index (χ1n) is 7.35. The fourth-order valence-corrected chi connectivity index (χ4v) is 3.15. The summed E-state index contributed by atoms with van der Waals surface area (Å²) < 4.78 is 6.23. The van der Waals surface area contributed by atoms with Crippen LogP contribution in [0.15, 0.2) is 46.9 Å². The van der Waals surface area contributed by atoms with Crippen LogP contribution >= 0.6 is 34.2 Å². The molecule has 4 nitrogen and oxygen atoms in total. The van der Waals surface area contributed by atoms with Crippen molar-refractivity contribution in [3.8, 4) is 0 Å². The molecule has 0 saturated carbocycles. The molecule has 1 aliphatic heterocycles. The van der Waals surface area contributed by atoms with Gasteiger partial charge in [-0.1, -0.05) is 17.7 Å². The van der Waals surface area contributed by atoms with Gasteiger partial charge in [-0.3, -0.25) is 4.79 Å². The highest BCUT2D eigenvalue weighted by Crippen LogP contribution is 2.21. The lowest BCUT2D eigenvalue weighted by molar-refractivity contribution is -0.126. The van der Waals surface area contributed by atoms with Crippen LogP contribution in [0.25, 0.3) is 6.08 Å². The van der Waals surface area contributed by atoms with E-state index < -0.39 is 0 Å². The summed E-state index contributed by atoms with van der Waals surface area (Å²) >= 11 is 8.13. The van der Waals surface area contributed by atoms with Gasteiger partial charge >= 0.3 is 0 Å². The summed E-state index contributed by atoms with van der Waals surface area (Å²) in [5.74, 6) is 0.711. The van der Waals surface area contributed by atoms with Gasteiger partial charge in [0.05, 0.1) is 0 Å². The molecule has 1 aromatic heterocycles. The molecule has 1 saturated heterocycles. The highest BCUT2D eigenvalue weighted by atomic mass is 127. The Balaban J connectivity index is 1.56. The number of furan rings is 1. The second-order valence-corrected chi connectivity index (χ2v) is 6.77. The molecule has 0 atom stereocenters. The second-order valence-electron chi connectivity index (χ2n) is 5.27. The second kappa shape index (κ2) is 7.40. The minimum atomic E-state index is 0.0159. The molecule has 0 bridgehead atoms. The Hall–Kier alpha value is -1.47. The van der Waals surface area contributed by atoms with E-state index in [4.69, 9.17) is 16.0 Å². The number of hydrogen-bond acceptors (Lipinski definition) is 3. The van der Waals surface area contributed by atoms with Gasteiger partial charge in [-0.15, -0.1) is 0 Å². The predicted molar refractivity (Wildman–Crippen MR) is 101 cm³/mol. The maximum Gasteiger partial charge on any atom is 0.246 e. The van der Waals surface area contributed by atoms with E-state index in [1.54, 1.807) is 12.2 Å². The molecule has 0 spiro atoms. The number of benzene rings is 1. The lowest BCUT2D eigenvalue weighted by Crippen LogP contribution is -2.48. The molecule has 3 rings (SSSR count). The van der Waals surface area contributed by atoms with Crippen LogP contribution in [0.5, 0.6) is 0 Å². The monoisotopic (exact) mass is 442 g/mol. The molecule has 23 heavy (non-hydrogen) atoms. The molecule has 0 aliphatic carbocycles. The van der Waals surface area contributed by atoms with Crippen molar-refractivity contribution in [2.75, 3.05) is 31.1 Å². The number of carbonyl (C=O) groups excluding carboxylic acids is 1. The maximum absolute atomic E-state index is 12.2. The molecule has 1 aliphatic rings. The Bertz CT molecular complexity index is 721. The molecule has 1 aromatic carbocycles. The summed E-state index contributed by atoms with van der Waals surface area (Å²) in [7, 11) is 0. The molecule has 120 valence electrons. The number of anilines is 1. The van der Waals surface area contributed by atoms with E-state index in [1.807, 2.05) is 41.3 Å². The third-order valence-electron chi connectivity index (χ3n) is 3.75. The van der Waals surface area contributed by atoms with Crippen LogP contribution in [0.3, 0.4) is 0 Å². The molecular weight excluding hydrogens is 427 g/mol. The average molecular weight is 443 g/mol. The van der Waals surface area contributed by atoms with Crippen LogP contribution in [-0.4, -0.2) is 37.0 Å². The Kier molecular flexibility index (Phi) is 5.27. The van der Waals surface area contributed by atoms with Gasteiger partial charge in [-0.2, -0.15) is 0 Å². The van der Waals surface area contributed by atoms with Gasteiger partial charge in [0.1, 0.15) is 5.76 Å². The topological polar surface area (TPSA) is 36.7 Å². The summed E-state index contributed by atoms with van der Waals surface area (Å²) in [6.45, 7) is 3.01. The zero-order valence-corrected chi connectivity index (χ0v) is 15.3. The first-order chi connectivity index (χ1) is 11.1. The van der Waals surface area contributed by atoms with E-state index in [9.17, 15) is 4.79 Å². The van der Waals surface area contributed by atoms with Gasteiger partial charge in [0.15, 0.2) is 3.77 Å². The first-order valence-corrected chi connectivity index (χ1v) is 8.80. The minimum Gasteiger partial charge on any atom is -0.451 e. The van der Waals surface area contributed by atoms with Gasteiger partial charge in [0.2, 0.25) is 5.91 Å². The van der Waals surface area contributed by atoms with Crippen molar-refractivity contribution >= 4 is 51.9 Å². The van der Waals surface area contributed by atoms with E-state index in [0.717, 1.165) is 27.6 Å². The Morgan fingerprint density at radius 2 is 1.96 bits per heavy atom. The van der Waals surface area contributed by atoms with E-state index >= 15 is 0 Å². The Labute approximate surface area is 153 Å². The number of carbonyl (C=O) groups is 1. The molecule has 1 amide bonds. The van der Waals surface area contributed by atoms with Crippen LogP contribution in [0, 0.1) is 3.77 Å². The van der Waals surface area contributed by atoms with Crippen molar-refractivity contribution in [3.63, 3.8) is 0 Å². The first kappa shape index (κ1) is 16.4. The van der Waals surface area contributed by atoms with Crippen molar-refractivity contribution in [2.24, 2.45) is 0 Å². The summed E-state index contributed by atoms with van der Waals surface area (Å²) in [4.78, 5) is 16.3. The molecule has 0 unspecified atom stereocenters. The van der Waals surface area contributed by atoms with Gasteiger partial charge in [-0.25, -0.2) is 0 Å². The highest BCUT2D eigenvalue weighted by molar-refractivity contribution is 14.1. The molecule has 2 heterocycles. The number of halogens is 2. The fraction of sp³-hybridized carbons (Fsp3) is 0.235. The SMILES string of the molecule is O=C(/C=C/c1ccc(I)o1)N1CCN(c2cccc(Cl)c2)CC1. The van der Waals surface area contributed by atoms with E-state index in [-0.39, 0.29) is 5.91 Å². The number of rotatable bonds is 3. The molecule has 0 N–H and O–H groups in total. The summed E-state index contributed by atoms with van der Waals surface area (Å²) in [6, 6.07) is 11.5. The van der Waals surface area contributed by atoms with Gasteiger partial charge in [-0.05, 0) is 59.0 Å². The van der Waals surface area contributed by atoms with Gasteiger partial charge in [0.25, 0.3) is 0 Å². The van der Waals surface area contributed by atoms with Crippen molar-refractivity contribution in [1.29, 1.82) is 0 Å². The fourth-order valence-electron chi connectivity index (χ4n) is 2.53. The van der Waals surface area contributed by atoms with Crippen LogP contribution in [0.1, 0.15) is 5.76 Å². The minimum absolute atomic E-state index is 0.0159. The number of amides is 1. The molecule has 2 aromatic rings. The predicted octanol–water partition coefficient (Wildman–Crippen LogP) is 3.90. The van der Waals surface area contributed by atoms with Crippen molar-refractivity contribution in [1.82, 2.24) is 4.90 Å². The van der Waals surface area contributed by atoms with Crippen LogP contribution < -0.4 is 4.90 Å².